The third-order valence-corrected chi connectivity index (χ3v) is 6.17. The van der Waals surface area contributed by atoms with Gasteiger partial charge in [-0.05, 0) is 67.3 Å². The number of rotatable bonds is 9. The summed E-state index contributed by atoms with van der Waals surface area (Å²) in [6.07, 6.45) is 1.18. The molecule has 0 aliphatic carbocycles. The van der Waals surface area contributed by atoms with Crippen molar-refractivity contribution in [3.63, 3.8) is 0 Å². The van der Waals surface area contributed by atoms with Crippen LogP contribution in [0.1, 0.15) is 33.6 Å². The van der Waals surface area contributed by atoms with Gasteiger partial charge in [-0.3, -0.25) is 14.4 Å². The summed E-state index contributed by atoms with van der Waals surface area (Å²) >= 11 is 5.92. The van der Waals surface area contributed by atoms with Crippen LogP contribution in [0.25, 0.3) is 0 Å². The maximum absolute atomic E-state index is 13.0. The molecule has 182 valence electrons. The van der Waals surface area contributed by atoms with Crippen LogP contribution in [0.4, 0.5) is 0 Å². The number of likely N-dealkylation sites (tertiary alicyclic amines) is 1. The molecule has 9 heteroatoms. The molecule has 1 heterocycles. The van der Waals surface area contributed by atoms with Gasteiger partial charge in [-0.2, -0.15) is 0 Å². The van der Waals surface area contributed by atoms with Gasteiger partial charge in [0.1, 0.15) is 11.8 Å². The van der Waals surface area contributed by atoms with Gasteiger partial charge in [-0.25, -0.2) is 0 Å². The third-order valence-electron chi connectivity index (χ3n) is 5.92. The van der Waals surface area contributed by atoms with E-state index in [1.54, 1.807) is 67.7 Å². The molecule has 3 amide bonds. The highest BCUT2D eigenvalue weighted by Gasteiger charge is 2.34. The van der Waals surface area contributed by atoms with Crippen molar-refractivity contribution in [3.05, 3.63) is 64.7 Å². The number of carbonyl (C=O) groups excluding carboxylic acids is 3. The van der Waals surface area contributed by atoms with Crippen molar-refractivity contribution in [2.24, 2.45) is 5.92 Å². The van der Waals surface area contributed by atoms with E-state index in [1.807, 2.05) is 0 Å². The van der Waals surface area contributed by atoms with Gasteiger partial charge in [-0.1, -0.05) is 11.6 Å². The first kappa shape index (κ1) is 25.5. The van der Waals surface area contributed by atoms with E-state index in [0.29, 0.717) is 61.0 Å². The molecule has 34 heavy (non-hydrogen) atoms. The number of halogens is 1. The zero-order chi connectivity index (χ0) is 24.5. The summed E-state index contributed by atoms with van der Waals surface area (Å²) in [6, 6.07) is 12.8. The minimum absolute atomic E-state index is 0.0709. The molecule has 2 N–H and O–H groups in total. The molecule has 1 atom stereocenters. The number of nitrogens with zero attached hydrogens (tertiary/aromatic N) is 1. The first-order chi connectivity index (χ1) is 16.4. The number of piperidine rings is 1. The van der Waals surface area contributed by atoms with E-state index in [-0.39, 0.29) is 23.6 Å². The van der Waals surface area contributed by atoms with Crippen molar-refractivity contribution in [2.75, 3.05) is 40.5 Å². The highest BCUT2D eigenvalue weighted by Crippen LogP contribution is 2.23. The van der Waals surface area contributed by atoms with Crippen molar-refractivity contribution in [3.8, 4) is 5.75 Å². The summed E-state index contributed by atoms with van der Waals surface area (Å²) in [6.45, 7) is 1.70. The highest BCUT2D eigenvalue weighted by atomic mass is 35.5. The molecule has 8 nitrogen and oxygen atoms in total. The fourth-order valence-electron chi connectivity index (χ4n) is 3.96. The Balaban J connectivity index is 1.66. The van der Waals surface area contributed by atoms with Crippen LogP contribution in [0.5, 0.6) is 5.75 Å². The maximum Gasteiger partial charge on any atom is 0.253 e. The van der Waals surface area contributed by atoms with Crippen molar-refractivity contribution in [2.45, 2.75) is 18.9 Å². The van der Waals surface area contributed by atoms with Gasteiger partial charge in [0.05, 0.1) is 13.7 Å². The molecule has 0 spiro atoms. The number of carbonyl (C=O) groups is 3. The molecule has 0 aromatic heterocycles. The quantitative estimate of drug-likeness (QED) is 0.530. The first-order valence-corrected chi connectivity index (χ1v) is 11.6. The van der Waals surface area contributed by atoms with E-state index in [9.17, 15) is 14.4 Å². The van der Waals surface area contributed by atoms with Gasteiger partial charge in [0, 0.05) is 42.9 Å². The topological polar surface area (TPSA) is 97.0 Å². The first-order valence-electron chi connectivity index (χ1n) is 11.2. The lowest BCUT2D eigenvalue weighted by molar-refractivity contribution is -0.124. The van der Waals surface area contributed by atoms with Gasteiger partial charge in [0.2, 0.25) is 5.91 Å². The Labute approximate surface area is 204 Å². The van der Waals surface area contributed by atoms with E-state index in [2.05, 4.69) is 10.6 Å². The van der Waals surface area contributed by atoms with E-state index < -0.39 is 6.04 Å². The Hall–Kier alpha value is -3.10. The smallest absolute Gasteiger partial charge is 0.253 e. The van der Waals surface area contributed by atoms with Gasteiger partial charge in [0.25, 0.3) is 11.8 Å². The average Bonchev–Trinajstić information content (AvgIpc) is 2.87. The van der Waals surface area contributed by atoms with Crippen LogP contribution in [0.15, 0.2) is 48.5 Å². The zero-order valence-electron chi connectivity index (χ0n) is 19.4. The molecular formula is C25H30ClN3O5. The Bertz CT molecular complexity index is 973. The van der Waals surface area contributed by atoms with Gasteiger partial charge in [0.15, 0.2) is 0 Å². The van der Waals surface area contributed by atoms with E-state index in [0.717, 1.165) is 0 Å². The molecule has 1 aliphatic rings. The summed E-state index contributed by atoms with van der Waals surface area (Å²) in [5.41, 5.74) is 1.01. The van der Waals surface area contributed by atoms with Crippen LogP contribution in [-0.4, -0.2) is 69.1 Å². The maximum atomic E-state index is 13.0. The predicted molar refractivity (Wildman–Crippen MR) is 129 cm³/mol. The van der Waals surface area contributed by atoms with E-state index in [1.165, 1.54) is 0 Å². The lowest BCUT2D eigenvalue weighted by Gasteiger charge is -2.36. The second-order valence-electron chi connectivity index (χ2n) is 8.10. The third kappa shape index (κ3) is 6.71. The van der Waals surface area contributed by atoms with Crippen LogP contribution >= 0.6 is 11.6 Å². The average molecular weight is 488 g/mol. The second-order valence-corrected chi connectivity index (χ2v) is 8.54. The summed E-state index contributed by atoms with van der Waals surface area (Å²) in [4.78, 5) is 40.4. The number of hydrogen-bond donors (Lipinski definition) is 2. The number of hydrogen-bond acceptors (Lipinski definition) is 5. The molecular weight excluding hydrogens is 458 g/mol. The fraction of sp³-hybridized carbons (Fsp3) is 0.400. The van der Waals surface area contributed by atoms with Gasteiger partial charge >= 0.3 is 0 Å². The van der Waals surface area contributed by atoms with Crippen LogP contribution in [0, 0.1) is 5.92 Å². The van der Waals surface area contributed by atoms with Crippen molar-refractivity contribution in [1.29, 1.82) is 0 Å². The number of benzene rings is 2. The highest BCUT2D eigenvalue weighted by molar-refractivity contribution is 6.30. The zero-order valence-corrected chi connectivity index (χ0v) is 20.1. The Kier molecular flexibility index (Phi) is 9.30. The number of methoxy groups -OCH3 is 2. The van der Waals surface area contributed by atoms with Crippen LogP contribution in [-0.2, 0) is 9.53 Å². The predicted octanol–water partition coefficient (Wildman–Crippen LogP) is 2.76. The van der Waals surface area contributed by atoms with E-state index in [4.69, 9.17) is 21.1 Å². The molecule has 0 saturated carbocycles. The molecule has 1 fully saturated rings. The minimum atomic E-state index is -0.723. The van der Waals surface area contributed by atoms with Crippen LogP contribution in [0.2, 0.25) is 5.02 Å². The second kappa shape index (κ2) is 12.4. The van der Waals surface area contributed by atoms with Gasteiger partial charge < -0.3 is 25.0 Å². The minimum Gasteiger partial charge on any atom is -0.497 e. The Morgan fingerprint density at radius 1 is 1.00 bits per heavy atom. The van der Waals surface area contributed by atoms with E-state index >= 15 is 0 Å². The summed E-state index contributed by atoms with van der Waals surface area (Å²) in [7, 11) is 3.11. The number of amides is 3. The van der Waals surface area contributed by atoms with Gasteiger partial charge in [-0.15, -0.1) is 0 Å². The Morgan fingerprint density at radius 3 is 2.21 bits per heavy atom. The van der Waals surface area contributed by atoms with Crippen molar-refractivity contribution in [1.82, 2.24) is 15.5 Å². The molecule has 2 aromatic rings. The van der Waals surface area contributed by atoms with Crippen molar-refractivity contribution < 1.29 is 23.9 Å². The number of nitrogens with one attached hydrogen (secondary N) is 2. The monoisotopic (exact) mass is 487 g/mol. The molecule has 0 unspecified atom stereocenters. The molecule has 3 rings (SSSR count). The summed E-state index contributed by atoms with van der Waals surface area (Å²) < 4.78 is 10.2. The lowest BCUT2D eigenvalue weighted by atomic mass is 9.88. The molecule has 2 aromatic carbocycles. The lowest BCUT2D eigenvalue weighted by Crippen LogP contribution is -2.54. The summed E-state index contributed by atoms with van der Waals surface area (Å²) in [5, 5.41) is 6.30. The SMILES string of the molecule is COCCNC(=O)[C@H](NC(=O)c1ccc(OC)cc1)C1CCN(C(=O)c2ccc(Cl)cc2)CC1. The molecule has 0 radical (unpaired) electrons. The molecule has 0 bridgehead atoms. The largest absolute Gasteiger partial charge is 0.497 e. The van der Waals surface area contributed by atoms with Crippen LogP contribution in [0.3, 0.4) is 0 Å². The standard InChI is InChI=1S/C25H30ClN3O5/c1-33-16-13-27-24(31)22(28-23(30)18-5-9-21(34-2)10-6-18)17-11-14-29(15-12-17)25(32)19-3-7-20(26)8-4-19/h3-10,17,22H,11-16H2,1-2H3,(H,27,31)(H,28,30)/t22-/m1/s1. The molecule has 1 aliphatic heterocycles. The normalized spacial score (nSPS) is 14.9. The molecule has 1 saturated heterocycles. The number of ether oxygens (including phenoxy) is 2. The Morgan fingerprint density at radius 2 is 1.62 bits per heavy atom. The van der Waals surface area contributed by atoms with Crippen molar-refractivity contribution >= 4 is 29.3 Å². The van der Waals surface area contributed by atoms with Crippen LogP contribution < -0.4 is 15.4 Å². The fourth-order valence-corrected chi connectivity index (χ4v) is 4.09. The summed E-state index contributed by atoms with van der Waals surface area (Å²) in [5.74, 6) is -0.142.